The predicted molar refractivity (Wildman–Crippen MR) is 135 cm³/mol. The zero-order valence-electron chi connectivity index (χ0n) is 18.9. The molecule has 0 saturated carbocycles. The number of ether oxygens (including phenoxy) is 1. The quantitative estimate of drug-likeness (QED) is 0.148. The van der Waals surface area contributed by atoms with Gasteiger partial charge in [0.25, 0.3) is 5.91 Å². The highest BCUT2D eigenvalue weighted by Crippen LogP contribution is 2.26. The first-order valence-electron chi connectivity index (χ1n) is 11.4. The lowest BCUT2D eigenvalue weighted by atomic mass is 9.97. The number of carbonyl (C=O) groups is 3. The Morgan fingerprint density at radius 3 is 2.51 bits per heavy atom. The number of allylic oxidation sites excluding steroid dienone is 1. The number of furan rings is 1. The van der Waals surface area contributed by atoms with Crippen LogP contribution in [0.3, 0.4) is 0 Å². The van der Waals surface area contributed by atoms with E-state index in [0.29, 0.717) is 47.7 Å². The van der Waals surface area contributed by atoms with E-state index in [2.05, 4.69) is 0 Å². The van der Waals surface area contributed by atoms with Gasteiger partial charge in [0.05, 0.1) is 10.8 Å². The van der Waals surface area contributed by atoms with Crippen molar-refractivity contribution in [2.24, 2.45) is 5.92 Å². The molecule has 0 aliphatic carbocycles. The summed E-state index contributed by atoms with van der Waals surface area (Å²) in [6, 6.07) is 19.9. The zero-order valence-corrected chi connectivity index (χ0v) is 19.7. The molecule has 0 bridgehead atoms. The Hall–Kier alpha value is -3.97. The average molecular weight is 486 g/mol. The lowest BCUT2D eigenvalue weighted by molar-refractivity contribution is -0.140. The van der Waals surface area contributed by atoms with Crippen molar-refractivity contribution in [2.45, 2.75) is 12.8 Å². The number of amides is 1. The van der Waals surface area contributed by atoms with E-state index in [1.807, 2.05) is 47.8 Å². The second-order valence-corrected chi connectivity index (χ2v) is 9.30. The molecule has 0 N–H and O–H groups in total. The van der Waals surface area contributed by atoms with Crippen LogP contribution in [0, 0.1) is 5.92 Å². The first-order valence-corrected chi connectivity index (χ1v) is 12.3. The molecular formula is C28H23NO5S. The minimum Gasteiger partial charge on any atom is -0.453 e. The Morgan fingerprint density at radius 2 is 1.74 bits per heavy atom. The maximum Gasteiger partial charge on any atom is 0.314 e. The molecule has 5 rings (SSSR count). The SMILES string of the molecule is O=C(/C=C/c1ccccc1OC(=O)C1CCN(C(=O)c2cccs2)CC1)c1cc2ccccc2o1. The largest absolute Gasteiger partial charge is 0.453 e. The maximum atomic E-state index is 12.9. The smallest absolute Gasteiger partial charge is 0.314 e. The molecule has 0 atom stereocenters. The first-order chi connectivity index (χ1) is 17.1. The number of para-hydroxylation sites is 2. The number of nitrogens with zero attached hydrogens (tertiary/aromatic N) is 1. The van der Waals surface area contributed by atoms with Crippen molar-refractivity contribution in [2.75, 3.05) is 13.1 Å². The summed E-state index contributed by atoms with van der Waals surface area (Å²) in [6.07, 6.45) is 4.15. The van der Waals surface area contributed by atoms with Crippen LogP contribution in [0.4, 0.5) is 0 Å². The molecule has 1 aliphatic rings. The van der Waals surface area contributed by atoms with Crippen LogP contribution in [-0.2, 0) is 4.79 Å². The molecule has 7 heteroatoms. The molecule has 1 aliphatic heterocycles. The van der Waals surface area contributed by atoms with Gasteiger partial charge >= 0.3 is 5.97 Å². The minimum absolute atomic E-state index is 0.0106. The number of hydrogen-bond acceptors (Lipinski definition) is 6. The van der Waals surface area contributed by atoms with E-state index in [9.17, 15) is 14.4 Å². The summed E-state index contributed by atoms with van der Waals surface area (Å²) in [7, 11) is 0. The van der Waals surface area contributed by atoms with Crippen LogP contribution in [0.1, 0.15) is 38.6 Å². The second-order valence-electron chi connectivity index (χ2n) is 8.35. The summed E-state index contributed by atoms with van der Waals surface area (Å²) >= 11 is 1.42. The summed E-state index contributed by atoms with van der Waals surface area (Å²) in [5.74, 6) is -0.222. The summed E-state index contributed by atoms with van der Waals surface area (Å²) in [6.45, 7) is 1.04. The minimum atomic E-state index is -0.322. The molecule has 35 heavy (non-hydrogen) atoms. The van der Waals surface area contributed by atoms with Gasteiger partial charge in [-0.25, -0.2) is 0 Å². The molecule has 1 fully saturated rings. The van der Waals surface area contributed by atoms with E-state index in [0.717, 1.165) is 5.39 Å². The highest BCUT2D eigenvalue weighted by Gasteiger charge is 2.29. The molecule has 2 aromatic carbocycles. The molecule has 0 spiro atoms. The number of likely N-dealkylation sites (tertiary alicyclic amines) is 1. The van der Waals surface area contributed by atoms with Gasteiger partial charge < -0.3 is 14.1 Å². The Morgan fingerprint density at radius 1 is 0.971 bits per heavy atom. The van der Waals surface area contributed by atoms with Gasteiger partial charge in [-0.1, -0.05) is 42.5 Å². The van der Waals surface area contributed by atoms with Gasteiger partial charge in [0.1, 0.15) is 11.3 Å². The van der Waals surface area contributed by atoms with Crippen molar-refractivity contribution < 1.29 is 23.5 Å². The third-order valence-electron chi connectivity index (χ3n) is 6.06. The molecule has 4 aromatic rings. The van der Waals surface area contributed by atoms with Crippen LogP contribution in [0.15, 0.2) is 82.6 Å². The summed E-state index contributed by atoms with van der Waals surface area (Å²) in [5, 5.41) is 2.75. The molecule has 1 saturated heterocycles. The number of benzene rings is 2. The standard InChI is InChI=1S/C28H23NO5S/c30-22(25-18-21-7-2-4-9-24(21)33-25)12-11-19-6-1-3-8-23(19)34-28(32)20-13-15-29(16-14-20)27(31)26-10-5-17-35-26/h1-12,17-18,20H,13-16H2/b12-11+. The zero-order chi connectivity index (χ0) is 24.2. The van der Waals surface area contributed by atoms with Gasteiger partial charge in [-0.15, -0.1) is 11.3 Å². The number of hydrogen-bond donors (Lipinski definition) is 0. The molecule has 176 valence electrons. The molecule has 2 aromatic heterocycles. The van der Waals surface area contributed by atoms with Crippen LogP contribution in [0.25, 0.3) is 17.0 Å². The summed E-state index contributed by atoms with van der Waals surface area (Å²) in [4.78, 5) is 40.5. The Kier molecular flexibility index (Phi) is 6.59. The maximum absolute atomic E-state index is 12.9. The Bertz CT molecular complexity index is 1360. The molecular weight excluding hydrogens is 462 g/mol. The summed E-state index contributed by atoms with van der Waals surface area (Å²) in [5.41, 5.74) is 1.28. The Balaban J connectivity index is 1.22. The number of esters is 1. The lowest BCUT2D eigenvalue weighted by Gasteiger charge is -2.30. The third-order valence-corrected chi connectivity index (χ3v) is 6.92. The molecule has 0 radical (unpaired) electrons. The number of thiophene rings is 1. The normalized spacial score (nSPS) is 14.5. The van der Waals surface area contributed by atoms with E-state index in [-0.39, 0.29) is 29.3 Å². The van der Waals surface area contributed by atoms with E-state index in [4.69, 9.17) is 9.15 Å². The lowest BCUT2D eigenvalue weighted by Crippen LogP contribution is -2.40. The van der Waals surface area contributed by atoms with E-state index in [1.165, 1.54) is 17.4 Å². The number of fused-ring (bicyclic) bond motifs is 1. The van der Waals surface area contributed by atoms with E-state index < -0.39 is 0 Å². The van der Waals surface area contributed by atoms with Crippen molar-refractivity contribution in [1.29, 1.82) is 0 Å². The monoisotopic (exact) mass is 485 g/mol. The highest BCUT2D eigenvalue weighted by molar-refractivity contribution is 7.12. The van der Waals surface area contributed by atoms with Crippen LogP contribution in [0.2, 0.25) is 0 Å². The van der Waals surface area contributed by atoms with E-state index in [1.54, 1.807) is 35.2 Å². The van der Waals surface area contributed by atoms with Crippen LogP contribution >= 0.6 is 11.3 Å². The number of piperidine rings is 1. The van der Waals surface area contributed by atoms with Crippen molar-refractivity contribution in [3.8, 4) is 5.75 Å². The highest BCUT2D eigenvalue weighted by atomic mass is 32.1. The number of carbonyl (C=O) groups excluding carboxylic acids is 3. The van der Waals surface area contributed by atoms with Gasteiger partial charge in [-0.05, 0) is 54.6 Å². The fourth-order valence-corrected chi connectivity index (χ4v) is 4.82. The van der Waals surface area contributed by atoms with Gasteiger partial charge in [0.2, 0.25) is 5.78 Å². The van der Waals surface area contributed by atoms with Gasteiger partial charge in [0, 0.05) is 24.0 Å². The van der Waals surface area contributed by atoms with Crippen molar-refractivity contribution in [1.82, 2.24) is 4.90 Å². The van der Waals surface area contributed by atoms with Crippen molar-refractivity contribution in [3.05, 3.63) is 94.4 Å². The van der Waals surface area contributed by atoms with E-state index >= 15 is 0 Å². The van der Waals surface area contributed by atoms with Gasteiger partial charge in [0.15, 0.2) is 5.76 Å². The Labute approximate surface area is 206 Å². The predicted octanol–water partition coefficient (Wildman–Crippen LogP) is 5.85. The molecule has 1 amide bonds. The number of ketones is 1. The molecule has 3 heterocycles. The fourth-order valence-electron chi connectivity index (χ4n) is 4.13. The van der Waals surface area contributed by atoms with Crippen LogP contribution in [0.5, 0.6) is 5.75 Å². The van der Waals surface area contributed by atoms with Crippen LogP contribution in [-0.4, -0.2) is 35.6 Å². The average Bonchev–Trinajstić information content (AvgIpc) is 3.58. The van der Waals surface area contributed by atoms with Crippen molar-refractivity contribution in [3.63, 3.8) is 0 Å². The fraction of sp³-hybridized carbons (Fsp3) is 0.179. The topological polar surface area (TPSA) is 76.8 Å². The van der Waals surface area contributed by atoms with Gasteiger partial charge in [-0.2, -0.15) is 0 Å². The van der Waals surface area contributed by atoms with Crippen LogP contribution < -0.4 is 4.74 Å². The van der Waals surface area contributed by atoms with Gasteiger partial charge in [-0.3, -0.25) is 14.4 Å². The molecule has 6 nitrogen and oxygen atoms in total. The third kappa shape index (κ3) is 5.10. The first kappa shape index (κ1) is 22.8. The van der Waals surface area contributed by atoms with Crippen molar-refractivity contribution >= 4 is 46.0 Å². The molecule has 0 unspecified atom stereocenters. The summed E-state index contributed by atoms with van der Waals surface area (Å²) < 4.78 is 11.3. The second kappa shape index (κ2) is 10.1. The number of rotatable bonds is 6.